The van der Waals surface area contributed by atoms with E-state index < -0.39 is 12.1 Å². The van der Waals surface area contributed by atoms with Gasteiger partial charge < -0.3 is 9.84 Å². The van der Waals surface area contributed by atoms with Crippen molar-refractivity contribution in [3.63, 3.8) is 0 Å². The highest BCUT2D eigenvalue weighted by molar-refractivity contribution is 5.81. The van der Waals surface area contributed by atoms with E-state index in [0.29, 0.717) is 6.42 Å². The van der Waals surface area contributed by atoms with Gasteiger partial charge >= 0.3 is 5.97 Å². The summed E-state index contributed by atoms with van der Waals surface area (Å²) in [5.41, 5.74) is 0. The Morgan fingerprint density at radius 2 is 2.40 bits per heavy atom. The van der Waals surface area contributed by atoms with E-state index in [9.17, 15) is 4.79 Å². The van der Waals surface area contributed by atoms with E-state index in [1.54, 1.807) is 0 Å². The number of esters is 1. The second-order valence-corrected chi connectivity index (χ2v) is 1.78. The van der Waals surface area contributed by atoms with Gasteiger partial charge in [-0.25, -0.2) is 4.79 Å². The largest absolute Gasteiger partial charge is 0.459 e. The zero-order valence-electron chi connectivity index (χ0n) is 5.75. The maximum atomic E-state index is 10.4. The molecule has 0 aliphatic carbocycles. The molecule has 0 bridgehead atoms. The molecule has 1 radical (unpaired) electrons. The zero-order valence-corrected chi connectivity index (χ0v) is 5.75. The van der Waals surface area contributed by atoms with Crippen molar-refractivity contribution >= 4 is 5.97 Å². The number of ether oxygens (including phenoxy) is 1. The molecule has 0 amide bonds. The summed E-state index contributed by atoms with van der Waals surface area (Å²) in [6.07, 6.45) is 0.949. The van der Waals surface area contributed by atoms with Crippen molar-refractivity contribution in [1.29, 1.82) is 0 Å². The molecule has 1 N–H and O–H groups in total. The molecule has 0 spiro atoms. The first kappa shape index (κ1) is 9.17. The van der Waals surface area contributed by atoms with Crippen LogP contribution in [0, 0.1) is 6.92 Å². The molecule has 3 nitrogen and oxygen atoms in total. The molecule has 0 saturated heterocycles. The molecule has 0 aliphatic heterocycles. The fraction of sp³-hybridized carbons (Fsp3) is 0.429. The number of aliphatic hydroxyl groups is 1. The van der Waals surface area contributed by atoms with Crippen LogP contribution in [0.4, 0.5) is 0 Å². The normalized spacial score (nSPS) is 12.2. The summed E-state index contributed by atoms with van der Waals surface area (Å²) in [6, 6.07) is 0. The van der Waals surface area contributed by atoms with Gasteiger partial charge in [0, 0.05) is 19.1 Å². The third kappa shape index (κ3) is 4.09. The van der Waals surface area contributed by atoms with Gasteiger partial charge in [0.05, 0.1) is 0 Å². The number of rotatable bonds is 4. The van der Waals surface area contributed by atoms with Crippen LogP contribution in [0.2, 0.25) is 0 Å². The second kappa shape index (κ2) is 4.99. The summed E-state index contributed by atoms with van der Waals surface area (Å²) < 4.78 is 4.61. The van der Waals surface area contributed by atoms with Gasteiger partial charge in [-0.1, -0.05) is 6.58 Å². The van der Waals surface area contributed by atoms with Crippen LogP contribution in [0.15, 0.2) is 12.7 Å². The number of carbonyl (C=O) groups excluding carboxylic acids is 1. The molecular formula is C7H11O3. The molecule has 1 atom stereocenters. The van der Waals surface area contributed by atoms with E-state index in [0.717, 1.165) is 6.08 Å². The van der Waals surface area contributed by atoms with Gasteiger partial charge in [0.15, 0.2) is 0 Å². The molecule has 0 heterocycles. The molecule has 1 unspecified atom stereocenters. The molecule has 3 heteroatoms. The van der Waals surface area contributed by atoms with Crippen LogP contribution in [-0.2, 0) is 9.53 Å². The average molecular weight is 143 g/mol. The van der Waals surface area contributed by atoms with Gasteiger partial charge in [0.2, 0.25) is 0 Å². The lowest BCUT2D eigenvalue weighted by Gasteiger charge is -2.08. The Bertz CT molecular complexity index is 120. The molecule has 57 valence electrons. The Balaban J connectivity index is 3.46. The van der Waals surface area contributed by atoms with E-state index >= 15 is 0 Å². The lowest BCUT2D eigenvalue weighted by Crippen LogP contribution is -2.14. The Labute approximate surface area is 60.3 Å². The Morgan fingerprint density at radius 3 is 2.80 bits per heavy atom. The first-order valence-electron chi connectivity index (χ1n) is 2.97. The van der Waals surface area contributed by atoms with Crippen molar-refractivity contribution in [3.8, 4) is 0 Å². The predicted octanol–water partition coefficient (Wildman–Crippen LogP) is 0.301. The zero-order chi connectivity index (χ0) is 7.98. The third-order valence-electron chi connectivity index (χ3n) is 0.901. The fourth-order valence-corrected chi connectivity index (χ4v) is 0.415. The minimum Gasteiger partial charge on any atom is -0.459 e. The lowest BCUT2D eigenvalue weighted by atomic mass is 10.3. The van der Waals surface area contributed by atoms with Crippen LogP contribution in [0.3, 0.4) is 0 Å². The second-order valence-electron chi connectivity index (χ2n) is 1.78. The SMILES string of the molecule is [CH2]C(CCO)OC(=O)C=C. The van der Waals surface area contributed by atoms with E-state index in [4.69, 9.17) is 5.11 Å². The van der Waals surface area contributed by atoms with Gasteiger partial charge in [-0.3, -0.25) is 0 Å². The van der Waals surface area contributed by atoms with Gasteiger partial charge in [-0.15, -0.1) is 0 Å². The number of hydrogen-bond acceptors (Lipinski definition) is 3. The number of carbonyl (C=O) groups is 1. The molecule has 0 aromatic rings. The van der Waals surface area contributed by atoms with Crippen molar-refractivity contribution in [2.75, 3.05) is 6.61 Å². The highest BCUT2D eigenvalue weighted by Gasteiger charge is 2.03. The molecule has 0 fully saturated rings. The lowest BCUT2D eigenvalue weighted by molar-refractivity contribution is -0.141. The quantitative estimate of drug-likeness (QED) is 0.455. The molecular weight excluding hydrogens is 132 g/mol. The van der Waals surface area contributed by atoms with E-state index in [1.165, 1.54) is 0 Å². The van der Waals surface area contributed by atoms with Crippen molar-refractivity contribution in [2.24, 2.45) is 0 Å². The molecule has 0 aliphatic rings. The number of hydrogen-bond donors (Lipinski definition) is 1. The van der Waals surface area contributed by atoms with Crippen LogP contribution in [0.5, 0.6) is 0 Å². The van der Waals surface area contributed by atoms with Gasteiger partial charge in [0.1, 0.15) is 6.10 Å². The van der Waals surface area contributed by atoms with E-state index in [1.807, 2.05) is 0 Å². The van der Waals surface area contributed by atoms with Gasteiger partial charge in [-0.2, -0.15) is 0 Å². The maximum absolute atomic E-state index is 10.4. The molecule has 0 aromatic heterocycles. The first-order chi connectivity index (χ1) is 4.70. The van der Waals surface area contributed by atoms with Crippen LogP contribution in [-0.4, -0.2) is 23.8 Å². The summed E-state index contributed by atoms with van der Waals surface area (Å²) in [5.74, 6) is -0.506. The molecule has 0 aromatic carbocycles. The van der Waals surface area contributed by atoms with Crippen molar-refractivity contribution < 1.29 is 14.6 Å². The summed E-state index contributed by atoms with van der Waals surface area (Å²) in [4.78, 5) is 10.4. The van der Waals surface area contributed by atoms with Crippen LogP contribution >= 0.6 is 0 Å². The number of aliphatic hydroxyl groups excluding tert-OH is 1. The van der Waals surface area contributed by atoms with Crippen LogP contribution < -0.4 is 0 Å². The third-order valence-corrected chi connectivity index (χ3v) is 0.901. The van der Waals surface area contributed by atoms with Crippen LogP contribution in [0.25, 0.3) is 0 Å². The maximum Gasteiger partial charge on any atom is 0.330 e. The summed E-state index contributed by atoms with van der Waals surface area (Å²) >= 11 is 0. The predicted molar refractivity (Wildman–Crippen MR) is 37.1 cm³/mol. The van der Waals surface area contributed by atoms with Gasteiger partial charge in [-0.05, 0) is 6.92 Å². The van der Waals surface area contributed by atoms with Crippen molar-refractivity contribution in [3.05, 3.63) is 19.6 Å². The molecule has 10 heavy (non-hydrogen) atoms. The first-order valence-corrected chi connectivity index (χ1v) is 2.97. The fourth-order valence-electron chi connectivity index (χ4n) is 0.415. The average Bonchev–Trinajstić information content (AvgIpc) is 1.88. The summed E-state index contributed by atoms with van der Waals surface area (Å²) in [6.45, 7) is 6.64. The van der Waals surface area contributed by atoms with E-state index in [-0.39, 0.29) is 6.61 Å². The minimum absolute atomic E-state index is 0.0292. The Morgan fingerprint density at radius 1 is 1.80 bits per heavy atom. The summed E-state index contributed by atoms with van der Waals surface area (Å²) in [5, 5.41) is 8.37. The highest BCUT2D eigenvalue weighted by Crippen LogP contribution is 1.95. The van der Waals surface area contributed by atoms with Crippen LogP contribution in [0.1, 0.15) is 6.42 Å². The molecule has 0 saturated carbocycles. The minimum atomic E-state index is -0.506. The Kier molecular flexibility index (Phi) is 4.58. The standard InChI is InChI=1S/C7H11O3/c1-3-7(9)10-6(2)4-5-8/h3,6,8H,1-2,4-5H2. The Hall–Kier alpha value is -0.830. The smallest absolute Gasteiger partial charge is 0.330 e. The topological polar surface area (TPSA) is 46.5 Å². The van der Waals surface area contributed by atoms with Crippen molar-refractivity contribution in [1.82, 2.24) is 0 Å². The molecule has 0 rings (SSSR count). The monoisotopic (exact) mass is 143 g/mol. The van der Waals surface area contributed by atoms with Crippen molar-refractivity contribution in [2.45, 2.75) is 12.5 Å². The van der Waals surface area contributed by atoms with E-state index in [2.05, 4.69) is 18.2 Å². The summed E-state index contributed by atoms with van der Waals surface area (Å²) in [7, 11) is 0. The highest BCUT2D eigenvalue weighted by atomic mass is 16.5. The van der Waals surface area contributed by atoms with Gasteiger partial charge in [0.25, 0.3) is 0 Å².